The van der Waals surface area contributed by atoms with E-state index in [-0.39, 0.29) is 42.3 Å². The summed E-state index contributed by atoms with van der Waals surface area (Å²) in [5.74, 6) is -0.131. The molecule has 0 saturated heterocycles. The van der Waals surface area contributed by atoms with E-state index in [0.717, 1.165) is 0 Å². The first-order valence-electron chi connectivity index (χ1n) is 11.0. The van der Waals surface area contributed by atoms with Crippen molar-refractivity contribution >= 4 is 16.9 Å². The molecule has 0 atom stereocenters. The second kappa shape index (κ2) is 11.3. The fourth-order valence-corrected chi connectivity index (χ4v) is 3.48. The van der Waals surface area contributed by atoms with E-state index in [9.17, 15) is 14.7 Å². The minimum atomic E-state index is -1.04. The van der Waals surface area contributed by atoms with Crippen LogP contribution in [0.2, 0.25) is 0 Å². The molecule has 0 bridgehead atoms. The fourth-order valence-electron chi connectivity index (χ4n) is 3.48. The second-order valence-corrected chi connectivity index (χ2v) is 7.59. The van der Waals surface area contributed by atoms with Gasteiger partial charge in [0.15, 0.2) is 5.76 Å². The lowest BCUT2D eigenvalue weighted by molar-refractivity contribution is 0.0696. The van der Waals surface area contributed by atoms with Gasteiger partial charge in [-0.05, 0) is 54.1 Å². The Labute approximate surface area is 200 Å². The molecule has 180 valence electrons. The van der Waals surface area contributed by atoms with Gasteiger partial charge in [0.2, 0.25) is 11.2 Å². The number of aromatic carboxylic acids is 1. The maximum absolute atomic E-state index is 13.3. The van der Waals surface area contributed by atoms with Crippen LogP contribution in [-0.4, -0.2) is 42.6 Å². The molecule has 0 saturated carbocycles. The van der Waals surface area contributed by atoms with Crippen LogP contribution in [0.15, 0.2) is 82.0 Å². The summed E-state index contributed by atoms with van der Waals surface area (Å²) < 4.78 is 22.8. The maximum atomic E-state index is 13.3. The molecule has 1 aromatic heterocycles. The van der Waals surface area contributed by atoms with Crippen LogP contribution in [-0.2, 0) is 11.3 Å². The molecule has 3 aromatic carbocycles. The van der Waals surface area contributed by atoms with Crippen molar-refractivity contribution in [1.82, 2.24) is 0 Å². The standard InChI is InChI=1S/C27H24O8/c28-12-13-32-14-15-33-21-10-8-19(9-11-21)25-26(24(29)22-6-1-2-7-23(22)35-25)34-17-18-4-3-5-20(16-18)27(30)31/h1-11,16,28H,12-15,17H2,(H,30,31). The molecule has 1 heterocycles. The lowest BCUT2D eigenvalue weighted by atomic mass is 10.1. The van der Waals surface area contributed by atoms with Crippen LogP contribution in [0.3, 0.4) is 0 Å². The zero-order valence-electron chi connectivity index (χ0n) is 18.8. The molecule has 35 heavy (non-hydrogen) atoms. The molecule has 4 rings (SSSR count). The monoisotopic (exact) mass is 476 g/mol. The number of benzene rings is 3. The van der Waals surface area contributed by atoms with Crippen molar-refractivity contribution in [2.24, 2.45) is 0 Å². The summed E-state index contributed by atoms with van der Waals surface area (Å²) in [6, 6.07) is 20.3. The number of ether oxygens (including phenoxy) is 3. The third-order valence-electron chi connectivity index (χ3n) is 5.16. The minimum absolute atomic E-state index is 0.00768. The van der Waals surface area contributed by atoms with Gasteiger partial charge < -0.3 is 28.8 Å². The predicted octanol–water partition coefficient (Wildman–Crippen LogP) is 4.12. The van der Waals surface area contributed by atoms with Crippen LogP contribution in [0.4, 0.5) is 0 Å². The molecule has 4 aromatic rings. The van der Waals surface area contributed by atoms with Crippen LogP contribution in [0.1, 0.15) is 15.9 Å². The van der Waals surface area contributed by atoms with Crippen molar-refractivity contribution in [1.29, 1.82) is 0 Å². The van der Waals surface area contributed by atoms with Gasteiger partial charge >= 0.3 is 5.97 Å². The highest BCUT2D eigenvalue weighted by molar-refractivity contribution is 5.87. The van der Waals surface area contributed by atoms with Crippen LogP contribution in [0.5, 0.6) is 11.5 Å². The molecule has 0 spiro atoms. The Morgan fingerprint density at radius 2 is 1.69 bits per heavy atom. The van der Waals surface area contributed by atoms with Gasteiger partial charge in [0, 0.05) is 5.56 Å². The molecular weight excluding hydrogens is 452 g/mol. The lowest BCUT2D eigenvalue weighted by Gasteiger charge is -2.13. The molecule has 0 unspecified atom stereocenters. The van der Waals surface area contributed by atoms with Gasteiger partial charge in [-0.2, -0.15) is 0 Å². The maximum Gasteiger partial charge on any atom is 0.335 e. The van der Waals surface area contributed by atoms with Gasteiger partial charge in [-0.15, -0.1) is 0 Å². The van der Waals surface area contributed by atoms with Crippen molar-refractivity contribution < 1.29 is 33.6 Å². The Morgan fingerprint density at radius 3 is 2.46 bits per heavy atom. The van der Waals surface area contributed by atoms with E-state index in [4.69, 9.17) is 23.7 Å². The molecule has 0 amide bonds. The van der Waals surface area contributed by atoms with Gasteiger partial charge in [0.25, 0.3) is 0 Å². The smallest absolute Gasteiger partial charge is 0.335 e. The zero-order chi connectivity index (χ0) is 24.6. The molecule has 8 heteroatoms. The summed E-state index contributed by atoms with van der Waals surface area (Å²) in [7, 11) is 0. The summed E-state index contributed by atoms with van der Waals surface area (Å²) in [6.45, 7) is 0.886. The van der Waals surface area contributed by atoms with E-state index < -0.39 is 5.97 Å². The van der Waals surface area contributed by atoms with E-state index in [1.54, 1.807) is 60.7 Å². The van der Waals surface area contributed by atoms with Crippen LogP contribution < -0.4 is 14.9 Å². The first-order valence-corrected chi connectivity index (χ1v) is 11.0. The molecule has 2 N–H and O–H groups in total. The van der Waals surface area contributed by atoms with E-state index in [0.29, 0.717) is 41.1 Å². The van der Waals surface area contributed by atoms with Crippen molar-refractivity contribution in [3.05, 3.63) is 94.1 Å². The van der Waals surface area contributed by atoms with E-state index in [1.807, 2.05) is 0 Å². The highest BCUT2D eigenvalue weighted by Crippen LogP contribution is 2.32. The van der Waals surface area contributed by atoms with Gasteiger partial charge in [0.1, 0.15) is 24.5 Å². The fraction of sp³-hybridized carbons (Fsp3) is 0.185. The predicted molar refractivity (Wildman–Crippen MR) is 129 cm³/mol. The average molecular weight is 476 g/mol. The quantitative estimate of drug-likeness (QED) is 0.311. The number of fused-ring (bicyclic) bond motifs is 1. The largest absolute Gasteiger partial charge is 0.491 e. The van der Waals surface area contributed by atoms with Crippen LogP contribution in [0, 0.1) is 0 Å². The number of hydrogen-bond donors (Lipinski definition) is 2. The van der Waals surface area contributed by atoms with Gasteiger partial charge in [-0.25, -0.2) is 4.79 Å². The van der Waals surface area contributed by atoms with Crippen molar-refractivity contribution in [2.45, 2.75) is 6.61 Å². The average Bonchev–Trinajstić information content (AvgIpc) is 2.88. The van der Waals surface area contributed by atoms with Crippen molar-refractivity contribution in [3.63, 3.8) is 0 Å². The lowest BCUT2D eigenvalue weighted by Crippen LogP contribution is -2.11. The normalized spacial score (nSPS) is 10.9. The van der Waals surface area contributed by atoms with Gasteiger partial charge in [0.05, 0.1) is 30.8 Å². The number of para-hydroxylation sites is 1. The SMILES string of the molecule is O=C(O)c1cccc(COc2c(-c3ccc(OCCOCCO)cc3)oc3ccccc3c2=O)c1. The highest BCUT2D eigenvalue weighted by atomic mass is 16.5. The van der Waals surface area contributed by atoms with E-state index in [2.05, 4.69) is 0 Å². The van der Waals surface area contributed by atoms with E-state index >= 15 is 0 Å². The van der Waals surface area contributed by atoms with Gasteiger partial charge in [-0.3, -0.25) is 4.79 Å². The van der Waals surface area contributed by atoms with Crippen LogP contribution >= 0.6 is 0 Å². The minimum Gasteiger partial charge on any atom is -0.491 e. The summed E-state index contributed by atoms with van der Waals surface area (Å²) in [5.41, 5.74) is 1.46. The number of rotatable bonds is 11. The molecule has 0 aliphatic rings. The highest BCUT2D eigenvalue weighted by Gasteiger charge is 2.18. The Hall–Kier alpha value is -4.14. The summed E-state index contributed by atoms with van der Waals surface area (Å²) >= 11 is 0. The van der Waals surface area contributed by atoms with E-state index in [1.165, 1.54) is 12.1 Å². The molecule has 0 aliphatic heterocycles. The zero-order valence-corrected chi connectivity index (χ0v) is 18.8. The number of carboxylic acid groups (broad SMARTS) is 1. The van der Waals surface area contributed by atoms with Crippen molar-refractivity contribution in [2.75, 3.05) is 26.4 Å². The molecule has 0 aliphatic carbocycles. The topological polar surface area (TPSA) is 115 Å². The molecular formula is C27H24O8. The third-order valence-corrected chi connectivity index (χ3v) is 5.16. The molecule has 0 radical (unpaired) electrons. The Morgan fingerprint density at radius 1 is 0.886 bits per heavy atom. The summed E-state index contributed by atoms with van der Waals surface area (Å²) in [4.78, 5) is 24.6. The molecule has 0 fully saturated rings. The van der Waals surface area contributed by atoms with Gasteiger partial charge in [-0.1, -0.05) is 24.3 Å². The Bertz CT molecular complexity index is 1360. The third kappa shape index (κ3) is 5.87. The van der Waals surface area contributed by atoms with Crippen molar-refractivity contribution in [3.8, 4) is 22.8 Å². The first-order chi connectivity index (χ1) is 17.1. The Kier molecular flexibility index (Phi) is 7.77. The first kappa shape index (κ1) is 24.0. The second-order valence-electron chi connectivity index (χ2n) is 7.59. The number of aliphatic hydroxyl groups is 1. The molecule has 8 nitrogen and oxygen atoms in total. The Balaban J connectivity index is 1.62. The van der Waals surface area contributed by atoms with Crippen LogP contribution in [0.25, 0.3) is 22.3 Å². The summed E-state index contributed by atoms with van der Waals surface area (Å²) in [5, 5.41) is 18.3. The number of aliphatic hydroxyl groups excluding tert-OH is 1. The number of carboxylic acids is 1. The number of carbonyl (C=O) groups is 1. The number of hydrogen-bond acceptors (Lipinski definition) is 7. The summed E-state index contributed by atoms with van der Waals surface area (Å²) in [6.07, 6.45) is 0.